The molecule has 2 aromatic rings. The molecule has 2 aromatic carbocycles. The van der Waals surface area contributed by atoms with Gasteiger partial charge in [0.15, 0.2) is 0 Å². The van der Waals surface area contributed by atoms with E-state index in [1.54, 1.807) is 0 Å². The molecule has 1 N–H and O–H groups in total. The monoisotopic (exact) mass is 380 g/mol. The van der Waals surface area contributed by atoms with Crippen LogP contribution in [0, 0.1) is 10.5 Å². The number of aliphatic hydroxyl groups excluding tert-OH is 1. The van der Waals surface area contributed by atoms with Crippen LogP contribution in [-0.2, 0) is 6.42 Å². The van der Waals surface area contributed by atoms with Gasteiger partial charge >= 0.3 is 0 Å². The predicted octanol–water partition coefficient (Wildman–Crippen LogP) is 5.00. The van der Waals surface area contributed by atoms with E-state index in [0.717, 1.165) is 9.13 Å². The summed E-state index contributed by atoms with van der Waals surface area (Å²) in [6.45, 7) is 6.47. The molecule has 0 amide bonds. The zero-order chi connectivity index (χ0) is 14.7. The van der Waals surface area contributed by atoms with Crippen molar-refractivity contribution in [2.45, 2.75) is 39.2 Å². The van der Waals surface area contributed by atoms with Crippen LogP contribution in [0.15, 0.2) is 42.5 Å². The molecule has 2 rings (SSSR count). The van der Waals surface area contributed by atoms with Gasteiger partial charge in [0, 0.05) is 9.99 Å². The van der Waals surface area contributed by atoms with Gasteiger partial charge in [0.1, 0.15) is 0 Å². The predicted molar refractivity (Wildman–Crippen MR) is 93.1 cm³/mol. The summed E-state index contributed by atoms with van der Waals surface area (Å²) in [5, 5.41) is 10.5. The second-order valence-electron chi connectivity index (χ2n) is 5.59. The lowest BCUT2D eigenvalue weighted by atomic mass is 9.97. The summed E-state index contributed by atoms with van der Waals surface area (Å²) in [5.41, 5.74) is 4.77. The van der Waals surface area contributed by atoms with Crippen molar-refractivity contribution >= 4 is 22.6 Å². The third-order valence-electron chi connectivity index (χ3n) is 3.66. The van der Waals surface area contributed by atoms with E-state index in [9.17, 15) is 5.11 Å². The zero-order valence-corrected chi connectivity index (χ0v) is 14.4. The van der Waals surface area contributed by atoms with Crippen molar-refractivity contribution in [1.82, 2.24) is 0 Å². The van der Waals surface area contributed by atoms with Crippen molar-refractivity contribution in [1.29, 1.82) is 0 Å². The first-order valence-electron chi connectivity index (χ1n) is 7.01. The summed E-state index contributed by atoms with van der Waals surface area (Å²) in [6.07, 6.45) is 0.226. The van der Waals surface area contributed by atoms with Gasteiger partial charge < -0.3 is 5.11 Å². The van der Waals surface area contributed by atoms with E-state index in [4.69, 9.17) is 0 Å². The van der Waals surface area contributed by atoms with Gasteiger partial charge in [-0.2, -0.15) is 0 Å². The highest BCUT2D eigenvalue weighted by Crippen LogP contribution is 2.26. The molecule has 1 atom stereocenters. The lowest BCUT2D eigenvalue weighted by Gasteiger charge is -2.15. The van der Waals surface area contributed by atoms with E-state index >= 15 is 0 Å². The van der Waals surface area contributed by atoms with E-state index < -0.39 is 6.10 Å². The maximum atomic E-state index is 10.5. The van der Waals surface area contributed by atoms with E-state index in [0.29, 0.717) is 12.3 Å². The summed E-state index contributed by atoms with van der Waals surface area (Å²) in [4.78, 5) is 0. The highest BCUT2D eigenvalue weighted by molar-refractivity contribution is 14.1. The minimum absolute atomic E-state index is 0.438. The minimum Gasteiger partial charge on any atom is -0.388 e. The van der Waals surface area contributed by atoms with E-state index in [2.05, 4.69) is 73.7 Å². The number of aryl methyl sites for hydroxylation is 1. The summed E-state index contributed by atoms with van der Waals surface area (Å²) in [5.74, 6) is 0.548. The van der Waals surface area contributed by atoms with E-state index in [1.807, 2.05) is 12.1 Å². The number of halogens is 1. The summed E-state index contributed by atoms with van der Waals surface area (Å²) >= 11 is 2.32. The SMILES string of the molecule is Cc1cccc(C(O)Cc2ccc(C(C)C)cc2)c1I. The fourth-order valence-corrected chi connectivity index (χ4v) is 3.02. The second kappa shape index (κ2) is 6.72. The molecule has 20 heavy (non-hydrogen) atoms. The highest BCUT2D eigenvalue weighted by atomic mass is 127. The Hall–Kier alpha value is -0.870. The van der Waals surface area contributed by atoms with E-state index in [1.165, 1.54) is 16.7 Å². The Morgan fingerprint density at radius 1 is 1.05 bits per heavy atom. The van der Waals surface area contributed by atoms with Gasteiger partial charge in [0.2, 0.25) is 0 Å². The molecule has 1 unspecified atom stereocenters. The van der Waals surface area contributed by atoms with Crippen LogP contribution in [0.25, 0.3) is 0 Å². The average molecular weight is 380 g/mol. The average Bonchev–Trinajstić information content (AvgIpc) is 2.42. The van der Waals surface area contributed by atoms with Gasteiger partial charge in [-0.1, -0.05) is 56.3 Å². The minimum atomic E-state index is -0.438. The number of hydrogen-bond acceptors (Lipinski definition) is 1. The number of benzene rings is 2. The highest BCUT2D eigenvalue weighted by Gasteiger charge is 2.13. The molecule has 106 valence electrons. The Morgan fingerprint density at radius 2 is 1.70 bits per heavy atom. The first-order valence-corrected chi connectivity index (χ1v) is 8.09. The van der Waals surface area contributed by atoms with Gasteiger partial charge in [-0.25, -0.2) is 0 Å². The third-order valence-corrected chi connectivity index (χ3v) is 5.13. The lowest BCUT2D eigenvalue weighted by Crippen LogP contribution is -2.05. The Bertz CT molecular complexity index is 572. The molecule has 2 heteroatoms. The Labute approximate surface area is 135 Å². The maximum absolute atomic E-state index is 10.5. The third kappa shape index (κ3) is 3.61. The topological polar surface area (TPSA) is 20.2 Å². The molecule has 0 aliphatic rings. The quantitative estimate of drug-likeness (QED) is 0.741. The molecular formula is C18H21IO. The molecule has 0 aliphatic carbocycles. The van der Waals surface area contributed by atoms with Crippen LogP contribution in [0.3, 0.4) is 0 Å². The molecule has 0 heterocycles. The largest absolute Gasteiger partial charge is 0.388 e. The van der Waals surface area contributed by atoms with Gasteiger partial charge in [-0.15, -0.1) is 0 Å². The van der Waals surface area contributed by atoms with Crippen molar-refractivity contribution < 1.29 is 5.11 Å². The van der Waals surface area contributed by atoms with Crippen LogP contribution in [-0.4, -0.2) is 5.11 Å². The van der Waals surface area contributed by atoms with Crippen molar-refractivity contribution in [3.8, 4) is 0 Å². The fourth-order valence-electron chi connectivity index (χ4n) is 2.30. The van der Waals surface area contributed by atoms with Crippen molar-refractivity contribution in [3.63, 3.8) is 0 Å². The molecule has 0 saturated heterocycles. The molecule has 1 nitrogen and oxygen atoms in total. The first kappa shape index (κ1) is 15.5. The Morgan fingerprint density at radius 3 is 2.30 bits per heavy atom. The fraction of sp³-hybridized carbons (Fsp3) is 0.333. The molecule has 0 spiro atoms. The molecular weight excluding hydrogens is 359 g/mol. The number of aliphatic hydroxyl groups is 1. The van der Waals surface area contributed by atoms with Crippen LogP contribution in [0.2, 0.25) is 0 Å². The van der Waals surface area contributed by atoms with Gasteiger partial charge in [0.25, 0.3) is 0 Å². The lowest BCUT2D eigenvalue weighted by molar-refractivity contribution is 0.177. The Balaban J connectivity index is 2.15. The molecule has 0 radical (unpaired) electrons. The molecule has 0 saturated carbocycles. The van der Waals surface area contributed by atoms with Gasteiger partial charge in [0.05, 0.1) is 6.10 Å². The van der Waals surface area contributed by atoms with Crippen molar-refractivity contribution in [3.05, 3.63) is 68.3 Å². The number of hydrogen-bond donors (Lipinski definition) is 1. The number of rotatable bonds is 4. The van der Waals surface area contributed by atoms with Crippen molar-refractivity contribution in [2.75, 3.05) is 0 Å². The molecule has 0 aliphatic heterocycles. The van der Waals surface area contributed by atoms with Crippen LogP contribution >= 0.6 is 22.6 Å². The van der Waals surface area contributed by atoms with Crippen LogP contribution in [0.5, 0.6) is 0 Å². The van der Waals surface area contributed by atoms with Crippen LogP contribution in [0.4, 0.5) is 0 Å². The normalized spacial score (nSPS) is 12.7. The summed E-state index contributed by atoms with van der Waals surface area (Å²) < 4.78 is 1.16. The van der Waals surface area contributed by atoms with Crippen molar-refractivity contribution in [2.24, 2.45) is 0 Å². The van der Waals surface area contributed by atoms with Gasteiger partial charge in [-0.05, 0) is 57.7 Å². The zero-order valence-electron chi connectivity index (χ0n) is 12.2. The maximum Gasteiger partial charge on any atom is 0.0840 e. The molecule has 0 fully saturated rings. The van der Waals surface area contributed by atoms with Gasteiger partial charge in [-0.3, -0.25) is 0 Å². The smallest absolute Gasteiger partial charge is 0.0840 e. The molecule has 0 aromatic heterocycles. The van der Waals surface area contributed by atoms with Crippen LogP contribution in [0.1, 0.15) is 48.1 Å². The summed E-state index contributed by atoms with van der Waals surface area (Å²) in [7, 11) is 0. The van der Waals surface area contributed by atoms with E-state index in [-0.39, 0.29) is 0 Å². The first-order chi connectivity index (χ1) is 9.49. The van der Waals surface area contributed by atoms with Crippen LogP contribution < -0.4 is 0 Å². The molecule has 0 bridgehead atoms. The summed E-state index contributed by atoms with van der Waals surface area (Å²) in [6, 6.07) is 14.7. The standard InChI is InChI=1S/C18H21IO/c1-12(2)15-9-7-14(8-10-15)11-17(20)16-6-4-5-13(3)18(16)19/h4-10,12,17,20H,11H2,1-3H3. The second-order valence-corrected chi connectivity index (χ2v) is 6.67. The Kier molecular flexibility index (Phi) is 5.22.